The zero-order valence-electron chi connectivity index (χ0n) is 18.1. The summed E-state index contributed by atoms with van der Waals surface area (Å²) in [6.07, 6.45) is 6.16. The van der Waals surface area contributed by atoms with Gasteiger partial charge >= 0.3 is 0 Å². The van der Waals surface area contributed by atoms with Crippen LogP contribution >= 0.6 is 0 Å². The second-order valence-corrected chi connectivity index (χ2v) is 7.95. The molecular formula is C24H22FN5O3. The maximum Gasteiger partial charge on any atom is 0.270 e. The SMILES string of the molecule is CN(C)C(=O)c1ccc(-c2ccncc2NC(=O)c2ccnc(C(=O)NC3CC3)c2)c(F)c1. The standard InChI is InChI=1S/C24H22FN5O3/c1-30(2)24(33)15-3-6-17(19(25)11-15)18-8-9-26-13-21(18)29-22(31)14-7-10-27-20(12-14)23(32)28-16-4-5-16/h3,6-13,16H,4-5H2,1-2H3,(H,28,32)(H,29,31). The molecule has 1 fully saturated rings. The second-order valence-electron chi connectivity index (χ2n) is 7.95. The predicted octanol–water partition coefficient (Wildman–Crippen LogP) is 3.13. The largest absolute Gasteiger partial charge is 0.348 e. The van der Waals surface area contributed by atoms with E-state index in [0.717, 1.165) is 18.9 Å². The van der Waals surface area contributed by atoms with Crippen LogP contribution < -0.4 is 10.6 Å². The molecule has 33 heavy (non-hydrogen) atoms. The van der Waals surface area contributed by atoms with Crippen molar-refractivity contribution in [1.82, 2.24) is 20.2 Å². The number of anilines is 1. The lowest BCUT2D eigenvalue weighted by Gasteiger charge is -2.14. The summed E-state index contributed by atoms with van der Waals surface area (Å²) in [7, 11) is 3.18. The number of rotatable bonds is 6. The van der Waals surface area contributed by atoms with E-state index in [9.17, 15) is 18.8 Å². The summed E-state index contributed by atoms with van der Waals surface area (Å²) in [4.78, 5) is 46.6. The van der Waals surface area contributed by atoms with Gasteiger partial charge in [-0.25, -0.2) is 4.39 Å². The highest BCUT2D eigenvalue weighted by atomic mass is 19.1. The van der Waals surface area contributed by atoms with Gasteiger partial charge in [-0.05, 0) is 43.2 Å². The van der Waals surface area contributed by atoms with Crippen molar-refractivity contribution in [2.45, 2.75) is 18.9 Å². The zero-order valence-corrected chi connectivity index (χ0v) is 18.1. The Labute approximate surface area is 189 Å². The van der Waals surface area contributed by atoms with Crippen molar-refractivity contribution >= 4 is 23.4 Å². The van der Waals surface area contributed by atoms with Gasteiger partial charge in [0, 0.05) is 54.8 Å². The van der Waals surface area contributed by atoms with Gasteiger partial charge in [-0.3, -0.25) is 24.4 Å². The molecule has 1 saturated carbocycles. The number of halogens is 1. The van der Waals surface area contributed by atoms with Crippen LogP contribution in [-0.2, 0) is 0 Å². The molecule has 1 aliphatic carbocycles. The van der Waals surface area contributed by atoms with Crippen molar-refractivity contribution in [3.05, 3.63) is 77.6 Å². The molecule has 0 bridgehead atoms. The van der Waals surface area contributed by atoms with E-state index in [2.05, 4.69) is 20.6 Å². The van der Waals surface area contributed by atoms with Crippen molar-refractivity contribution in [2.24, 2.45) is 0 Å². The molecule has 0 aliphatic heterocycles. The first-order chi connectivity index (χ1) is 15.8. The van der Waals surface area contributed by atoms with Crippen LogP contribution in [0.3, 0.4) is 0 Å². The highest BCUT2D eigenvalue weighted by molar-refractivity contribution is 6.07. The first-order valence-electron chi connectivity index (χ1n) is 10.4. The van der Waals surface area contributed by atoms with Gasteiger partial charge in [0.25, 0.3) is 17.7 Å². The van der Waals surface area contributed by atoms with Crippen molar-refractivity contribution in [1.29, 1.82) is 0 Å². The fourth-order valence-corrected chi connectivity index (χ4v) is 3.23. The topological polar surface area (TPSA) is 104 Å². The van der Waals surface area contributed by atoms with Crippen LogP contribution in [0.2, 0.25) is 0 Å². The minimum Gasteiger partial charge on any atom is -0.348 e. The number of amides is 3. The predicted molar refractivity (Wildman–Crippen MR) is 120 cm³/mol. The Morgan fingerprint density at radius 1 is 0.970 bits per heavy atom. The number of carbonyl (C=O) groups excluding carboxylic acids is 3. The molecule has 0 unspecified atom stereocenters. The number of nitrogens with one attached hydrogen (secondary N) is 2. The average molecular weight is 447 g/mol. The van der Waals surface area contributed by atoms with E-state index in [1.807, 2.05) is 0 Å². The number of benzene rings is 1. The highest BCUT2D eigenvalue weighted by Gasteiger charge is 2.24. The van der Waals surface area contributed by atoms with Crippen LogP contribution in [0.15, 0.2) is 55.0 Å². The Kier molecular flexibility index (Phi) is 6.12. The van der Waals surface area contributed by atoms with E-state index in [1.165, 1.54) is 47.8 Å². The number of aromatic nitrogens is 2. The zero-order chi connectivity index (χ0) is 23.5. The summed E-state index contributed by atoms with van der Waals surface area (Å²) in [5.41, 5.74) is 1.49. The number of hydrogen-bond donors (Lipinski definition) is 2. The number of carbonyl (C=O) groups is 3. The molecular weight excluding hydrogens is 425 g/mol. The van der Waals surface area contributed by atoms with Gasteiger partial charge in [-0.15, -0.1) is 0 Å². The Bertz CT molecular complexity index is 1240. The maximum absolute atomic E-state index is 14.9. The fourth-order valence-electron chi connectivity index (χ4n) is 3.23. The molecule has 0 radical (unpaired) electrons. The third kappa shape index (κ3) is 5.03. The van der Waals surface area contributed by atoms with Crippen molar-refractivity contribution in [2.75, 3.05) is 19.4 Å². The summed E-state index contributed by atoms with van der Waals surface area (Å²) >= 11 is 0. The first kappa shape index (κ1) is 22.1. The molecule has 0 saturated heterocycles. The molecule has 0 spiro atoms. The van der Waals surface area contributed by atoms with Crippen LogP contribution in [0.1, 0.15) is 44.0 Å². The van der Waals surface area contributed by atoms with Gasteiger partial charge in [0.15, 0.2) is 0 Å². The van der Waals surface area contributed by atoms with Crippen LogP contribution in [0.5, 0.6) is 0 Å². The molecule has 1 aliphatic rings. The quantitative estimate of drug-likeness (QED) is 0.604. The number of nitrogens with zero attached hydrogens (tertiary/aromatic N) is 3. The Morgan fingerprint density at radius 3 is 2.45 bits per heavy atom. The van der Waals surface area contributed by atoms with Gasteiger partial charge < -0.3 is 15.5 Å². The molecule has 2 aromatic heterocycles. The molecule has 9 heteroatoms. The smallest absolute Gasteiger partial charge is 0.270 e. The first-order valence-corrected chi connectivity index (χ1v) is 10.4. The molecule has 2 N–H and O–H groups in total. The molecule has 3 aromatic rings. The van der Waals surface area contributed by atoms with Gasteiger partial charge in [0.2, 0.25) is 0 Å². The Hall–Kier alpha value is -4.14. The molecule has 4 rings (SSSR count). The monoisotopic (exact) mass is 447 g/mol. The fraction of sp³-hybridized carbons (Fsp3) is 0.208. The van der Waals surface area contributed by atoms with Crippen molar-refractivity contribution in [3.8, 4) is 11.1 Å². The molecule has 2 heterocycles. The van der Waals surface area contributed by atoms with Crippen LogP contribution in [-0.4, -0.2) is 52.7 Å². The lowest BCUT2D eigenvalue weighted by atomic mass is 10.0. The van der Waals surface area contributed by atoms with Crippen LogP contribution in [0.25, 0.3) is 11.1 Å². The Balaban J connectivity index is 1.58. The summed E-state index contributed by atoms with van der Waals surface area (Å²) < 4.78 is 14.9. The highest BCUT2D eigenvalue weighted by Crippen LogP contribution is 2.30. The normalized spacial score (nSPS) is 12.7. The van der Waals surface area contributed by atoms with E-state index < -0.39 is 11.7 Å². The summed E-state index contributed by atoms with van der Waals surface area (Å²) in [5.74, 6) is -1.74. The average Bonchev–Trinajstić information content (AvgIpc) is 3.63. The number of pyridine rings is 2. The van der Waals surface area contributed by atoms with E-state index in [-0.39, 0.29) is 45.9 Å². The van der Waals surface area contributed by atoms with Crippen molar-refractivity contribution < 1.29 is 18.8 Å². The van der Waals surface area contributed by atoms with Gasteiger partial charge in [-0.1, -0.05) is 6.07 Å². The van der Waals surface area contributed by atoms with E-state index in [4.69, 9.17) is 0 Å². The van der Waals surface area contributed by atoms with Gasteiger partial charge in [0.05, 0.1) is 11.9 Å². The maximum atomic E-state index is 14.9. The molecule has 3 amide bonds. The molecule has 8 nitrogen and oxygen atoms in total. The van der Waals surface area contributed by atoms with Crippen molar-refractivity contribution in [3.63, 3.8) is 0 Å². The summed E-state index contributed by atoms with van der Waals surface area (Å²) in [6, 6.07) is 8.82. The second kappa shape index (κ2) is 9.15. The van der Waals surface area contributed by atoms with Gasteiger partial charge in [-0.2, -0.15) is 0 Å². The minimum absolute atomic E-state index is 0.146. The van der Waals surface area contributed by atoms with Crippen LogP contribution in [0, 0.1) is 5.82 Å². The van der Waals surface area contributed by atoms with Gasteiger partial charge in [0.1, 0.15) is 11.5 Å². The Morgan fingerprint density at radius 2 is 1.76 bits per heavy atom. The van der Waals surface area contributed by atoms with Crippen LogP contribution in [0.4, 0.5) is 10.1 Å². The lowest BCUT2D eigenvalue weighted by Crippen LogP contribution is -2.26. The van der Waals surface area contributed by atoms with E-state index in [0.29, 0.717) is 5.56 Å². The molecule has 168 valence electrons. The molecule has 0 atom stereocenters. The minimum atomic E-state index is -0.604. The van der Waals surface area contributed by atoms with E-state index >= 15 is 0 Å². The summed E-state index contributed by atoms with van der Waals surface area (Å²) in [5, 5.41) is 5.56. The van der Waals surface area contributed by atoms with E-state index in [1.54, 1.807) is 20.2 Å². The third-order valence-corrected chi connectivity index (χ3v) is 5.15. The summed E-state index contributed by atoms with van der Waals surface area (Å²) in [6.45, 7) is 0. The molecule has 1 aromatic carbocycles. The lowest BCUT2D eigenvalue weighted by molar-refractivity contribution is 0.0826. The third-order valence-electron chi connectivity index (χ3n) is 5.15. The number of hydrogen-bond acceptors (Lipinski definition) is 5.